The van der Waals surface area contributed by atoms with E-state index in [1.807, 2.05) is 0 Å². The topological polar surface area (TPSA) is 29.3 Å². The lowest BCUT2D eigenvalue weighted by atomic mass is 9.74. The van der Waals surface area contributed by atoms with Gasteiger partial charge < -0.3 is 5.73 Å². The fourth-order valence-electron chi connectivity index (χ4n) is 3.49. The van der Waals surface area contributed by atoms with Gasteiger partial charge in [-0.25, -0.2) is 0 Å². The smallest absolute Gasteiger partial charge is 0.0328 e. The minimum Gasteiger partial charge on any atom is -0.329 e. The summed E-state index contributed by atoms with van der Waals surface area (Å²) >= 11 is 0. The lowest BCUT2D eigenvalue weighted by molar-refractivity contribution is 0.0616. The van der Waals surface area contributed by atoms with Gasteiger partial charge in [0.15, 0.2) is 0 Å². The number of hydrogen-bond acceptors (Lipinski definition) is 2. The molecular weight excluding hydrogens is 220 g/mol. The second-order valence-corrected chi connectivity index (χ2v) is 6.29. The van der Waals surface area contributed by atoms with Crippen LogP contribution in [0.2, 0.25) is 0 Å². The molecule has 0 amide bonds. The molecule has 1 rings (SSSR count). The van der Waals surface area contributed by atoms with Gasteiger partial charge in [-0.15, -0.1) is 0 Å². The van der Waals surface area contributed by atoms with Gasteiger partial charge in [0, 0.05) is 12.1 Å². The molecule has 108 valence electrons. The summed E-state index contributed by atoms with van der Waals surface area (Å²) in [6, 6.07) is 0. The molecule has 18 heavy (non-hydrogen) atoms. The summed E-state index contributed by atoms with van der Waals surface area (Å²) in [7, 11) is 2.29. The summed E-state index contributed by atoms with van der Waals surface area (Å²) in [4.78, 5) is 2.57. The Kier molecular flexibility index (Phi) is 7.25. The van der Waals surface area contributed by atoms with Crippen LogP contribution in [0, 0.1) is 5.92 Å². The average molecular weight is 254 g/mol. The zero-order chi connectivity index (χ0) is 13.4. The van der Waals surface area contributed by atoms with Crippen LogP contribution in [0.1, 0.15) is 71.6 Å². The van der Waals surface area contributed by atoms with Crippen LogP contribution in [0.4, 0.5) is 0 Å². The summed E-state index contributed by atoms with van der Waals surface area (Å²) < 4.78 is 0. The number of unbranched alkanes of at least 4 members (excludes halogenated alkanes) is 2. The minimum atomic E-state index is 0.317. The van der Waals surface area contributed by atoms with Crippen molar-refractivity contribution in [2.75, 3.05) is 20.1 Å². The molecule has 1 aliphatic rings. The molecule has 0 bridgehead atoms. The molecule has 0 radical (unpaired) electrons. The van der Waals surface area contributed by atoms with Crippen molar-refractivity contribution in [2.24, 2.45) is 11.7 Å². The third kappa shape index (κ3) is 4.24. The van der Waals surface area contributed by atoms with Gasteiger partial charge in [-0.2, -0.15) is 0 Å². The van der Waals surface area contributed by atoms with Crippen molar-refractivity contribution >= 4 is 0 Å². The summed E-state index contributed by atoms with van der Waals surface area (Å²) in [5, 5.41) is 0. The summed E-state index contributed by atoms with van der Waals surface area (Å²) in [5.41, 5.74) is 6.44. The second kappa shape index (κ2) is 8.16. The molecule has 1 saturated carbocycles. The first-order chi connectivity index (χ1) is 8.68. The number of nitrogens with zero attached hydrogens (tertiary/aromatic N) is 1. The van der Waals surface area contributed by atoms with Crippen LogP contribution in [-0.4, -0.2) is 30.6 Å². The average Bonchev–Trinajstić information content (AvgIpc) is 2.40. The third-order valence-electron chi connectivity index (χ3n) is 5.02. The van der Waals surface area contributed by atoms with Gasteiger partial charge in [0.25, 0.3) is 0 Å². The Morgan fingerprint density at radius 2 is 1.78 bits per heavy atom. The van der Waals surface area contributed by atoms with E-state index in [4.69, 9.17) is 5.73 Å². The van der Waals surface area contributed by atoms with Gasteiger partial charge in [0.1, 0.15) is 0 Å². The Balaban J connectivity index is 2.43. The molecule has 0 aromatic carbocycles. The molecule has 0 aromatic heterocycles. The van der Waals surface area contributed by atoms with E-state index in [0.29, 0.717) is 5.54 Å². The number of likely N-dealkylation sites (N-methyl/N-ethyl adjacent to an activating group) is 1. The van der Waals surface area contributed by atoms with Crippen molar-refractivity contribution in [1.82, 2.24) is 4.90 Å². The Bertz CT molecular complexity index is 207. The van der Waals surface area contributed by atoms with Crippen molar-refractivity contribution in [3.05, 3.63) is 0 Å². The van der Waals surface area contributed by atoms with Crippen molar-refractivity contribution in [2.45, 2.75) is 77.2 Å². The van der Waals surface area contributed by atoms with Crippen molar-refractivity contribution in [1.29, 1.82) is 0 Å². The maximum absolute atomic E-state index is 6.12. The van der Waals surface area contributed by atoms with E-state index in [9.17, 15) is 0 Å². The van der Waals surface area contributed by atoms with Crippen LogP contribution in [0.15, 0.2) is 0 Å². The number of nitrogens with two attached hydrogens (primary N) is 1. The monoisotopic (exact) mass is 254 g/mol. The summed E-state index contributed by atoms with van der Waals surface area (Å²) in [6.45, 7) is 6.65. The first-order valence-corrected chi connectivity index (χ1v) is 8.09. The molecule has 0 aromatic rings. The molecule has 0 unspecified atom stereocenters. The standard InChI is InChI=1S/C16H34N2/c1-4-6-7-13-18(3)16(14-17)11-9-15(8-5-2)10-12-16/h15H,4-14,17H2,1-3H3. The summed E-state index contributed by atoms with van der Waals surface area (Å²) in [6.07, 6.45) is 12.2. The Morgan fingerprint density at radius 1 is 1.11 bits per heavy atom. The zero-order valence-electron chi connectivity index (χ0n) is 12.9. The first kappa shape index (κ1) is 16.0. The normalized spacial score (nSPS) is 28.8. The molecule has 0 spiro atoms. The highest BCUT2D eigenvalue weighted by molar-refractivity contribution is 4.94. The van der Waals surface area contributed by atoms with E-state index in [0.717, 1.165) is 12.5 Å². The molecular formula is C16H34N2. The van der Waals surface area contributed by atoms with E-state index in [1.165, 1.54) is 64.3 Å². The minimum absolute atomic E-state index is 0.317. The molecule has 0 saturated heterocycles. The Hall–Kier alpha value is -0.0800. The van der Waals surface area contributed by atoms with E-state index >= 15 is 0 Å². The van der Waals surface area contributed by atoms with E-state index < -0.39 is 0 Å². The summed E-state index contributed by atoms with van der Waals surface area (Å²) in [5.74, 6) is 0.971. The lowest BCUT2D eigenvalue weighted by Crippen LogP contribution is -2.54. The van der Waals surface area contributed by atoms with Crippen molar-refractivity contribution in [3.8, 4) is 0 Å². The molecule has 1 fully saturated rings. The van der Waals surface area contributed by atoms with Crippen LogP contribution in [0.3, 0.4) is 0 Å². The SMILES string of the molecule is CCCCCN(C)C1(CN)CCC(CCC)CC1. The highest BCUT2D eigenvalue weighted by Crippen LogP contribution is 2.37. The van der Waals surface area contributed by atoms with Gasteiger partial charge in [-0.3, -0.25) is 4.90 Å². The fraction of sp³-hybridized carbons (Fsp3) is 1.00. The molecule has 0 atom stereocenters. The Labute approximate surface area is 114 Å². The zero-order valence-corrected chi connectivity index (χ0v) is 12.9. The van der Waals surface area contributed by atoms with Crippen molar-refractivity contribution in [3.63, 3.8) is 0 Å². The van der Waals surface area contributed by atoms with Gasteiger partial charge in [0.05, 0.1) is 0 Å². The lowest BCUT2D eigenvalue weighted by Gasteiger charge is -2.46. The first-order valence-electron chi connectivity index (χ1n) is 8.09. The van der Waals surface area contributed by atoms with E-state index in [1.54, 1.807) is 0 Å². The molecule has 0 heterocycles. The molecule has 2 nitrogen and oxygen atoms in total. The maximum atomic E-state index is 6.12. The highest BCUT2D eigenvalue weighted by atomic mass is 15.2. The van der Waals surface area contributed by atoms with Crippen molar-refractivity contribution < 1.29 is 0 Å². The molecule has 1 aliphatic carbocycles. The molecule has 2 heteroatoms. The highest BCUT2D eigenvalue weighted by Gasteiger charge is 2.36. The third-order valence-corrected chi connectivity index (χ3v) is 5.02. The van der Waals surface area contributed by atoms with Gasteiger partial charge >= 0.3 is 0 Å². The Morgan fingerprint density at radius 3 is 2.28 bits per heavy atom. The van der Waals surface area contributed by atoms with Crippen LogP contribution in [-0.2, 0) is 0 Å². The second-order valence-electron chi connectivity index (χ2n) is 6.29. The predicted octanol–water partition coefficient (Wildman–Crippen LogP) is 3.80. The fourth-order valence-corrected chi connectivity index (χ4v) is 3.49. The van der Waals surface area contributed by atoms with Gasteiger partial charge in [-0.1, -0.05) is 39.5 Å². The van der Waals surface area contributed by atoms with Crippen LogP contribution < -0.4 is 5.73 Å². The predicted molar refractivity (Wildman–Crippen MR) is 80.8 cm³/mol. The maximum Gasteiger partial charge on any atom is 0.0328 e. The molecule has 2 N–H and O–H groups in total. The van der Waals surface area contributed by atoms with Crippen LogP contribution >= 0.6 is 0 Å². The number of rotatable bonds is 8. The largest absolute Gasteiger partial charge is 0.329 e. The van der Waals surface area contributed by atoms with Gasteiger partial charge in [0.2, 0.25) is 0 Å². The van der Waals surface area contributed by atoms with Gasteiger partial charge in [-0.05, 0) is 51.6 Å². The number of hydrogen-bond donors (Lipinski definition) is 1. The quantitative estimate of drug-likeness (QED) is 0.668. The van der Waals surface area contributed by atoms with Crippen LogP contribution in [0.25, 0.3) is 0 Å². The van der Waals surface area contributed by atoms with Crippen LogP contribution in [0.5, 0.6) is 0 Å². The van der Waals surface area contributed by atoms with E-state index in [-0.39, 0.29) is 0 Å². The van der Waals surface area contributed by atoms with E-state index in [2.05, 4.69) is 25.8 Å². The molecule has 0 aliphatic heterocycles.